The summed E-state index contributed by atoms with van der Waals surface area (Å²) < 4.78 is 1.44. The van der Waals surface area contributed by atoms with E-state index in [1.807, 2.05) is 0 Å². The third-order valence-corrected chi connectivity index (χ3v) is 1.92. The average Bonchev–Trinajstić information content (AvgIpc) is 2.65. The van der Waals surface area contributed by atoms with Crippen LogP contribution in [-0.4, -0.2) is 19.7 Å². The molecule has 0 aliphatic carbocycles. The van der Waals surface area contributed by atoms with Gasteiger partial charge in [0.1, 0.15) is 6.20 Å². The molecule has 6 nitrogen and oxygen atoms in total. The fourth-order valence-electron chi connectivity index (χ4n) is 1.05. The number of pyridine rings is 1. The van der Waals surface area contributed by atoms with Crippen LogP contribution in [0.3, 0.4) is 0 Å². The molecule has 0 radical (unpaired) electrons. The second kappa shape index (κ2) is 3.66. The molecule has 0 unspecified atom stereocenters. The van der Waals surface area contributed by atoms with E-state index >= 15 is 0 Å². The second-order valence-corrected chi connectivity index (χ2v) is 3.17. The zero-order valence-corrected chi connectivity index (χ0v) is 8.13. The van der Waals surface area contributed by atoms with Gasteiger partial charge in [-0.2, -0.15) is 5.10 Å². The lowest BCUT2D eigenvalue weighted by atomic mass is 10.4. The monoisotopic (exact) mass is 224 g/mol. The third-order valence-electron chi connectivity index (χ3n) is 1.73. The standard InChI is InChI=1S/C8H5ClN4O2/c9-6-3-11-12(5-6)8-2-1-7(4-10-8)13(14)15/h1-5H. The van der Waals surface area contributed by atoms with E-state index < -0.39 is 4.92 Å². The van der Waals surface area contributed by atoms with Crippen molar-refractivity contribution in [2.75, 3.05) is 0 Å². The molecule has 15 heavy (non-hydrogen) atoms. The molecule has 0 N–H and O–H groups in total. The molecular formula is C8H5ClN4O2. The summed E-state index contributed by atoms with van der Waals surface area (Å²) in [6.45, 7) is 0. The molecule has 0 saturated carbocycles. The van der Waals surface area contributed by atoms with E-state index in [-0.39, 0.29) is 5.69 Å². The van der Waals surface area contributed by atoms with Crippen molar-refractivity contribution in [2.24, 2.45) is 0 Å². The summed E-state index contributed by atoms with van der Waals surface area (Å²) in [5.74, 6) is 0.479. The van der Waals surface area contributed by atoms with Gasteiger partial charge in [-0.05, 0) is 6.07 Å². The summed E-state index contributed by atoms with van der Waals surface area (Å²) in [4.78, 5) is 13.8. The zero-order chi connectivity index (χ0) is 10.8. The van der Waals surface area contributed by atoms with Gasteiger partial charge in [0.2, 0.25) is 0 Å². The van der Waals surface area contributed by atoms with Crippen LogP contribution in [0.25, 0.3) is 5.82 Å². The predicted molar refractivity (Wildman–Crippen MR) is 53.0 cm³/mol. The molecule has 2 aromatic rings. The Morgan fingerprint density at radius 2 is 2.20 bits per heavy atom. The average molecular weight is 225 g/mol. The summed E-state index contributed by atoms with van der Waals surface area (Å²) in [5, 5.41) is 14.8. The highest BCUT2D eigenvalue weighted by atomic mass is 35.5. The van der Waals surface area contributed by atoms with Crippen molar-refractivity contribution in [3.8, 4) is 5.82 Å². The van der Waals surface area contributed by atoms with E-state index in [1.54, 1.807) is 6.20 Å². The lowest BCUT2D eigenvalue weighted by Crippen LogP contribution is -1.98. The molecule has 7 heteroatoms. The molecule has 0 fully saturated rings. The predicted octanol–water partition coefficient (Wildman–Crippen LogP) is 1.83. The molecule has 0 aliphatic heterocycles. The maximum absolute atomic E-state index is 10.4. The van der Waals surface area contributed by atoms with Gasteiger partial charge in [-0.1, -0.05) is 11.6 Å². The van der Waals surface area contributed by atoms with E-state index in [0.29, 0.717) is 10.8 Å². The first-order valence-electron chi connectivity index (χ1n) is 3.98. The highest BCUT2D eigenvalue weighted by Gasteiger charge is 2.06. The van der Waals surface area contributed by atoms with E-state index in [2.05, 4.69) is 10.1 Å². The van der Waals surface area contributed by atoms with Gasteiger partial charge in [0.15, 0.2) is 5.82 Å². The Morgan fingerprint density at radius 3 is 2.67 bits per heavy atom. The van der Waals surface area contributed by atoms with Crippen LogP contribution in [0.4, 0.5) is 5.69 Å². The minimum Gasteiger partial charge on any atom is -0.258 e. The van der Waals surface area contributed by atoms with Crippen molar-refractivity contribution in [3.05, 3.63) is 45.9 Å². The van der Waals surface area contributed by atoms with Crippen molar-refractivity contribution in [2.45, 2.75) is 0 Å². The van der Waals surface area contributed by atoms with Gasteiger partial charge < -0.3 is 0 Å². The summed E-state index contributed by atoms with van der Waals surface area (Å²) in [6.07, 6.45) is 4.20. The van der Waals surface area contributed by atoms with Crippen LogP contribution in [0.1, 0.15) is 0 Å². The quantitative estimate of drug-likeness (QED) is 0.576. The van der Waals surface area contributed by atoms with Gasteiger partial charge in [0, 0.05) is 6.07 Å². The fraction of sp³-hybridized carbons (Fsp3) is 0. The largest absolute Gasteiger partial charge is 0.287 e. The molecular weight excluding hydrogens is 220 g/mol. The van der Waals surface area contributed by atoms with E-state index in [4.69, 9.17) is 11.6 Å². The second-order valence-electron chi connectivity index (χ2n) is 2.73. The number of nitro groups is 1. The van der Waals surface area contributed by atoms with Crippen LogP contribution in [0, 0.1) is 10.1 Å². The molecule has 0 amide bonds. The van der Waals surface area contributed by atoms with Crippen molar-refractivity contribution in [1.29, 1.82) is 0 Å². The first-order valence-corrected chi connectivity index (χ1v) is 4.35. The summed E-state index contributed by atoms with van der Waals surface area (Å²) in [5.41, 5.74) is -0.0583. The van der Waals surface area contributed by atoms with Crippen molar-refractivity contribution < 1.29 is 4.92 Å². The maximum atomic E-state index is 10.4. The maximum Gasteiger partial charge on any atom is 0.287 e. The molecule has 0 aliphatic rings. The number of halogens is 1. The van der Waals surface area contributed by atoms with Crippen molar-refractivity contribution in [3.63, 3.8) is 0 Å². The number of aromatic nitrogens is 3. The van der Waals surface area contributed by atoms with Gasteiger partial charge >= 0.3 is 0 Å². The van der Waals surface area contributed by atoms with Crippen LogP contribution in [0.15, 0.2) is 30.7 Å². The van der Waals surface area contributed by atoms with Crippen LogP contribution < -0.4 is 0 Å². The number of hydrogen-bond acceptors (Lipinski definition) is 4. The summed E-state index contributed by atoms with van der Waals surface area (Å²) in [7, 11) is 0. The summed E-state index contributed by atoms with van der Waals surface area (Å²) in [6, 6.07) is 2.86. The topological polar surface area (TPSA) is 73.8 Å². The Hall–Kier alpha value is -1.95. The minimum atomic E-state index is -0.507. The zero-order valence-electron chi connectivity index (χ0n) is 7.37. The van der Waals surface area contributed by atoms with Gasteiger partial charge in [-0.25, -0.2) is 9.67 Å². The molecule has 0 bridgehead atoms. The Morgan fingerprint density at radius 1 is 1.40 bits per heavy atom. The van der Waals surface area contributed by atoms with Crippen LogP contribution in [0.5, 0.6) is 0 Å². The number of hydrogen-bond donors (Lipinski definition) is 0. The van der Waals surface area contributed by atoms with Crippen LogP contribution in [0.2, 0.25) is 5.02 Å². The van der Waals surface area contributed by atoms with Crippen LogP contribution in [-0.2, 0) is 0 Å². The third kappa shape index (κ3) is 1.94. The first kappa shape index (κ1) is 9.60. The van der Waals surface area contributed by atoms with Crippen LogP contribution >= 0.6 is 11.6 Å². The van der Waals surface area contributed by atoms with E-state index in [0.717, 1.165) is 0 Å². The van der Waals surface area contributed by atoms with Gasteiger partial charge in [0.25, 0.3) is 5.69 Å². The number of nitrogens with zero attached hydrogens (tertiary/aromatic N) is 4. The molecule has 0 spiro atoms. The lowest BCUT2D eigenvalue weighted by molar-refractivity contribution is -0.385. The van der Waals surface area contributed by atoms with E-state index in [1.165, 1.54) is 29.2 Å². The Kier molecular flexibility index (Phi) is 2.34. The fourth-order valence-corrected chi connectivity index (χ4v) is 1.18. The molecule has 0 saturated heterocycles. The van der Waals surface area contributed by atoms with Gasteiger partial charge in [-0.15, -0.1) is 0 Å². The molecule has 2 rings (SSSR count). The smallest absolute Gasteiger partial charge is 0.258 e. The normalized spacial score (nSPS) is 10.2. The molecule has 2 heterocycles. The lowest BCUT2D eigenvalue weighted by Gasteiger charge is -1.98. The van der Waals surface area contributed by atoms with Crippen molar-refractivity contribution >= 4 is 17.3 Å². The highest BCUT2D eigenvalue weighted by molar-refractivity contribution is 6.30. The first-order chi connectivity index (χ1) is 7.16. The molecule has 0 atom stereocenters. The minimum absolute atomic E-state index is 0.0583. The van der Waals surface area contributed by atoms with Gasteiger partial charge in [-0.3, -0.25) is 10.1 Å². The molecule has 2 aromatic heterocycles. The van der Waals surface area contributed by atoms with E-state index in [9.17, 15) is 10.1 Å². The SMILES string of the molecule is O=[N+]([O-])c1ccc(-n2cc(Cl)cn2)nc1. The van der Waals surface area contributed by atoms with Gasteiger partial charge in [0.05, 0.1) is 22.3 Å². The molecule has 76 valence electrons. The highest BCUT2D eigenvalue weighted by Crippen LogP contribution is 2.13. The Bertz CT molecular complexity index is 494. The van der Waals surface area contributed by atoms with Crippen molar-refractivity contribution in [1.82, 2.24) is 14.8 Å². The molecule has 0 aromatic carbocycles. The Labute approximate surface area is 89.3 Å². The summed E-state index contributed by atoms with van der Waals surface area (Å²) >= 11 is 5.67. The Balaban J connectivity index is 2.35. The number of rotatable bonds is 2.